The fourth-order valence-corrected chi connectivity index (χ4v) is 1.31. The van der Waals surface area contributed by atoms with Crippen LogP contribution < -0.4 is 5.32 Å². The molecule has 17 heavy (non-hydrogen) atoms. The molecule has 0 saturated carbocycles. The van der Waals surface area contributed by atoms with Crippen LogP contribution >= 0.6 is 0 Å². The van der Waals surface area contributed by atoms with Gasteiger partial charge in [0.25, 0.3) is 5.91 Å². The van der Waals surface area contributed by atoms with Crippen molar-refractivity contribution in [1.29, 1.82) is 0 Å². The number of hydrogen-bond acceptors (Lipinski definition) is 4. The standard InChI is InChI=1S/C11H14N2O4/c1-6(2)9(11(16)17)13-10(15)7-3-4-12-5-8(7)14/h3-6,9,14H,1-2H3,(H,13,15)(H,16,17)/t9-/m0/s1. The molecule has 92 valence electrons. The van der Waals surface area contributed by atoms with Gasteiger partial charge >= 0.3 is 5.97 Å². The van der Waals surface area contributed by atoms with Crippen LogP contribution in [0, 0.1) is 5.92 Å². The van der Waals surface area contributed by atoms with Crippen molar-refractivity contribution >= 4 is 11.9 Å². The predicted octanol–water partition coefficient (Wildman–Crippen LogP) is 0.626. The molecule has 3 N–H and O–H groups in total. The highest BCUT2D eigenvalue weighted by Crippen LogP contribution is 2.14. The van der Waals surface area contributed by atoms with Crippen molar-refractivity contribution in [2.24, 2.45) is 5.92 Å². The first-order valence-corrected chi connectivity index (χ1v) is 5.10. The smallest absolute Gasteiger partial charge is 0.326 e. The number of rotatable bonds is 4. The quantitative estimate of drug-likeness (QED) is 0.714. The molecule has 1 aromatic heterocycles. The number of carbonyl (C=O) groups is 2. The summed E-state index contributed by atoms with van der Waals surface area (Å²) in [4.78, 5) is 26.3. The first kappa shape index (κ1) is 13.0. The number of nitrogens with one attached hydrogen (secondary N) is 1. The van der Waals surface area contributed by atoms with Gasteiger partial charge in [-0.2, -0.15) is 0 Å². The third kappa shape index (κ3) is 3.17. The summed E-state index contributed by atoms with van der Waals surface area (Å²) in [5.41, 5.74) is 0.00639. The van der Waals surface area contributed by atoms with Crippen molar-refractivity contribution in [3.05, 3.63) is 24.0 Å². The zero-order chi connectivity index (χ0) is 13.0. The van der Waals surface area contributed by atoms with E-state index in [0.29, 0.717) is 0 Å². The Labute approximate surface area is 98.3 Å². The lowest BCUT2D eigenvalue weighted by Gasteiger charge is -2.17. The van der Waals surface area contributed by atoms with E-state index >= 15 is 0 Å². The van der Waals surface area contributed by atoms with E-state index in [1.807, 2.05) is 0 Å². The number of aliphatic carboxylic acids is 1. The molecular formula is C11H14N2O4. The van der Waals surface area contributed by atoms with Crippen molar-refractivity contribution in [1.82, 2.24) is 10.3 Å². The van der Waals surface area contributed by atoms with Crippen molar-refractivity contribution < 1.29 is 19.8 Å². The maximum Gasteiger partial charge on any atom is 0.326 e. The van der Waals surface area contributed by atoms with E-state index in [1.54, 1.807) is 13.8 Å². The summed E-state index contributed by atoms with van der Waals surface area (Å²) in [7, 11) is 0. The van der Waals surface area contributed by atoms with Gasteiger partial charge in [-0.15, -0.1) is 0 Å². The van der Waals surface area contributed by atoms with Gasteiger partial charge in [0.05, 0.1) is 11.8 Å². The zero-order valence-electron chi connectivity index (χ0n) is 9.54. The van der Waals surface area contributed by atoms with Crippen molar-refractivity contribution in [2.45, 2.75) is 19.9 Å². The minimum atomic E-state index is -1.11. The molecule has 1 heterocycles. The SMILES string of the molecule is CC(C)[C@H](NC(=O)c1ccncc1O)C(=O)O. The van der Waals surface area contributed by atoms with Gasteiger partial charge in [0.15, 0.2) is 0 Å². The van der Waals surface area contributed by atoms with Crippen molar-refractivity contribution in [3.8, 4) is 5.75 Å². The Morgan fingerprint density at radius 1 is 1.41 bits per heavy atom. The van der Waals surface area contributed by atoms with Gasteiger partial charge in [0, 0.05) is 6.20 Å². The molecule has 1 aromatic rings. The highest BCUT2D eigenvalue weighted by Gasteiger charge is 2.24. The van der Waals surface area contributed by atoms with Crippen LogP contribution in [0.5, 0.6) is 5.75 Å². The van der Waals surface area contributed by atoms with Gasteiger partial charge in [-0.1, -0.05) is 13.8 Å². The summed E-state index contributed by atoms with van der Waals surface area (Å²) < 4.78 is 0. The summed E-state index contributed by atoms with van der Waals surface area (Å²) in [6, 6.07) is 0.333. The fourth-order valence-electron chi connectivity index (χ4n) is 1.31. The van der Waals surface area contributed by atoms with Gasteiger partial charge in [-0.3, -0.25) is 9.78 Å². The van der Waals surface area contributed by atoms with Crippen LogP contribution in [0.2, 0.25) is 0 Å². The van der Waals surface area contributed by atoms with Crippen LogP contribution in [0.3, 0.4) is 0 Å². The highest BCUT2D eigenvalue weighted by atomic mass is 16.4. The molecule has 0 fully saturated rings. The molecule has 6 heteroatoms. The molecule has 0 spiro atoms. The summed E-state index contributed by atoms with van der Waals surface area (Å²) >= 11 is 0. The Morgan fingerprint density at radius 2 is 2.06 bits per heavy atom. The van der Waals surface area contributed by atoms with E-state index in [-0.39, 0.29) is 17.2 Å². The normalized spacial score (nSPS) is 12.2. The van der Waals surface area contributed by atoms with Crippen molar-refractivity contribution in [2.75, 3.05) is 0 Å². The van der Waals surface area contributed by atoms with E-state index in [1.165, 1.54) is 12.3 Å². The van der Waals surface area contributed by atoms with Crippen LogP contribution in [0.1, 0.15) is 24.2 Å². The predicted molar refractivity (Wildman–Crippen MR) is 59.6 cm³/mol. The van der Waals surface area contributed by atoms with Crippen LogP contribution in [0.4, 0.5) is 0 Å². The number of nitrogens with zero attached hydrogens (tertiary/aromatic N) is 1. The molecule has 1 atom stereocenters. The van der Waals surface area contributed by atoms with Gasteiger partial charge in [-0.25, -0.2) is 4.79 Å². The topological polar surface area (TPSA) is 99.5 Å². The lowest BCUT2D eigenvalue weighted by Crippen LogP contribution is -2.44. The molecule has 0 radical (unpaired) electrons. The molecule has 1 amide bonds. The summed E-state index contributed by atoms with van der Waals surface area (Å²) in [6.07, 6.45) is 2.47. The number of carbonyl (C=O) groups excluding carboxylic acids is 1. The maximum atomic E-state index is 11.7. The minimum Gasteiger partial charge on any atom is -0.505 e. The zero-order valence-corrected chi connectivity index (χ0v) is 9.54. The van der Waals surface area contributed by atoms with Gasteiger partial charge in [0.2, 0.25) is 0 Å². The number of pyridine rings is 1. The van der Waals surface area contributed by atoms with Crippen LogP contribution in [0.15, 0.2) is 18.5 Å². The van der Waals surface area contributed by atoms with Crippen LogP contribution in [0.25, 0.3) is 0 Å². The second-order valence-electron chi connectivity index (χ2n) is 3.93. The van der Waals surface area contributed by atoms with E-state index in [4.69, 9.17) is 5.11 Å². The molecule has 0 aromatic carbocycles. The molecule has 6 nitrogen and oxygen atoms in total. The van der Waals surface area contributed by atoms with E-state index < -0.39 is 17.9 Å². The van der Waals surface area contributed by atoms with Gasteiger partial charge in [0.1, 0.15) is 11.8 Å². The Kier molecular flexibility index (Phi) is 4.03. The average molecular weight is 238 g/mol. The van der Waals surface area contributed by atoms with E-state index in [9.17, 15) is 14.7 Å². The molecular weight excluding hydrogens is 224 g/mol. The van der Waals surface area contributed by atoms with Crippen molar-refractivity contribution in [3.63, 3.8) is 0 Å². The largest absolute Gasteiger partial charge is 0.505 e. The third-order valence-electron chi connectivity index (χ3n) is 2.26. The Morgan fingerprint density at radius 3 is 2.53 bits per heavy atom. The van der Waals surface area contributed by atoms with Gasteiger partial charge in [-0.05, 0) is 12.0 Å². The molecule has 0 saturated heterocycles. The number of carboxylic acid groups (broad SMARTS) is 1. The minimum absolute atomic E-state index is 0.00639. The molecule has 0 aliphatic heterocycles. The van der Waals surface area contributed by atoms with Gasteiger partial charge < -0.3 is 15.5 Å². The maximum absolute atomic E-state index is 11.7. The second kappa shape index (κ2) is 5.29. The number of carboxylic acids is 1. The molecule has 0 bridgehead atoms. The van der Waals surface area contributed by atoms with E-state index in [0.717, 1.165) is 6.20 Å². The molecule has 0 aliphatic rings. The first-order valence-electron chi connectivity index (χ1n) is 5.10. The fraction of sp³-hybridized carbons (Fsp3) is 0.364. The lowest BCUT2D eigenvalue weighted by atomic mass is 10.0. The monoisotopic (exact) mass is 238 g/mol. The van der Waals surface area contributed by atoms with E-state index in [2.05, 4.69) is 10.3 Å². The summed E-state index contributed by atoms with van der Waals surface area (Å²) in [6.45, 7) is 3.37. The number of amides is 1. The number of aromatic nitrogens is 1. The Hall–Kier alpha value is -2.11. The third-order valence-corrected chi connectivity index (χ3v) is 2.26. The van der Waals surface area contributed by atoms with Crippen LogP contribution in [-0.2, 0) is 4.79 Å². The molecule has 0 unspecified atom stereocenters. The Balaban J connectivity index is 2.85. The first-order chi connectivity index (χ1) is 7.93. The lowest BCUT2D eigenvalue weighted by molar-refractivity contribution is -0.140. The molecule has 0 aliphatic carbocycles. The summed E-state index contributed by atoms with van der Waals surface area (Å²) in [5, 5.41) is 20.7. The second-order valence-corrected chi connectivity index (χ2v) is 3.93. The molecule has 1 rings (SSSR count). The highest BCUT2D eigenvalue weighted by molar-refractivity contribution is 5.98. The number of hydrogen-bond donors (Lipinski definition) is 3. The summed E-state index contributed by atoms with van der Waals surface area (Å²) in [5.74, 6) is -2.27. The average Bonchev–Trinajstić information content (AvgIpc) is 2.25. The number of aromatic hydroxyl groups is 1. The Bertz CT molecular complexity index is 431. The van der Waals surface area contributed by atoms with Crippen LogP contribution in [-0.4, -0.2) is 33.1 Å².